The zero-order chi connectivity index (χ0) is 14.8. The lowest BCUT2D eigenvalue weighted by atomic mass is 10.2. The van der Waals surface area contributed by atoms with E-state index in [0.29, 0.717) is 11.3 Å². The summed E-state index contributed by atoms with van der Waals surface area (Å²) in [5.74, 6) is 0.360. The standard InChI is InChI=1S/C15H13N3O3/c1-18-9-10(8-16-18)7-12-15(19)21-14(17-12)11-5-3-4-6-13(11)20-2/h3-9H,1-2H3/b12-7-. The topological polar surface area (TPSA) is 65.7 Å². The number of carbonyl (C=O) groups is 1. The van der Waals surface area contributed by atoms with Crippen molar-refractivity contribution in [3.8, 4) is 5.75 Å². The van der Waals surface area contributed by atoms with E-state index in [1.807, 2.05) is 12.1 Å². The highest BCUT2D eigenvalue weighted by molar-refractivity contribution is 6.13. The number of hydrogen-bond donors (Lipinski definition) is 0. The normalized spacial score (nSPS) is 16.0. The highest BCUT2D eigenvalue weighted by Gasteiger charge is 2.26. The molecule has 6 nitrogen and oxygen atoms in total. The van der Waals surface area contributed by atoms with Crippen LogP contribution in [0.2, 0.25) is 0 Å². The van der Waals surface area contributed by atoms with Crippen molar-refractivity contribution in [2.75, 3.05) is 7.11 Å². The summed E-state index contributed by atoms with van der Waals surface area (Å²) < 4.78 is 12.1. The average Bonchev–Trinajstić information content (AvgIpc) is 3.06. The summed E-state index contributed by atoms with van der Waals surface area (Å²) in [5, 5.41) is 4.04. The number of rotatable bonds is 3. The van der Waals surface area contributed by atoms with E-state index in [1.165, 1.54) is 0 Å². The van der Waals surface area contributed by atoms with Crippen molar-refractivity contribution in [2.24, 2.45) is 12.0 Å². The Hall–Kier alpha value is -2.89. The fourth-order valence-electron chi connectivity index (χ4n) is 2.02. The molecule has 0 radical (unpaired) electrons. The van der Waals surface area contributed by atoms with Crippen LogP contribution in [0.1, 0.15) is 11.1 Å². The Bertz CT molecular complexity index is 759. The van der Waals surface area contributed by atoms with E-state index in [-0.39, 0.29) is 11.6 Å². The third kappa shape index (κ3) is 2.55. The molecule has 1 aromatic carbocycles. The van der Waals surface area contributed by atoms with Gasteiger partial charge in [-0.25, -0.2) is 9.79 Å². The smallest absolute Gasteiger partial charge is 0.363 e. The molecule has 1 aliphatic rings. The molecule has 2 heterocycles. The second-order valence-corrected chi connectivity index (χ2v) is 4.48. The Labute approximate surface area is 121 Å². The summed E-state index contributed by atoms with van der Waals surface area (Å²) in [6.45, 7) is 0. The van der Waals surface area contributed by atoms with Gasteiger partial charge in [0.2, 0.25) is 5.90 Å². The van der Waals surface area contributed by atoms with Crippen molar-refractivity contribution in [3.63, 3.8) is 0 Å². The van der Waals surface area contributed by atoms with Crippen molar-refractivity contribution in [1.82, 2.24) is 9.78 Å². The summed E-state index contributed by atoms with van der Waals surface area (Å²) in [5.41, 5.74) is 1.67. The first-order valence-corrected chi connectivity index (χ1v) is 6.32. The first kappa shape index (κ1) is 13.1. The second kappa shape index (κ2) is 5.24. The van der Waals surface area contributed by atoms with E-state index in [0.717, 1.165) is 5.56 Å². The van der Waals surface area contributed by atoms with Crippen molar-refractivity contribution in [3.05, 3.63) is 53.5 Å². The maximum Gasteiger partial charge on any atom is 0.363 e. The van der Waals surface area contributed by atoms with Gasteiger partial charge in [0.1, 0.15) is 5.75 Å². The third-order valence-corrected chi connectivity index (χ3v) is 2.99. The minimum atomic E-state index is -0.486. The van der Waals surface area contributed by atoms with Crippen LogP contribution in [-0.2, 0) is 16.6 Å². The van der Waals surface area contributed by atoms with Crippen LogP contribution in [-0.4, -0.2) is 28.8 Å². The molecule has 106 valence electrons. The largest absolute Gasteiger partial charge is 0.496 e. The average molecular weight is 283 g/mol. The maximum absolute atomic E-state index is 11.9. The van der Waals surface area contributed by atoms with Crippen LogP contribution in [0.3, 0.4) is 0 Å². The number of para-hydroxylation sites is 1. The number of cyclic esters (lactones) is 1. The van der Waals surface area contributed by atoms with Crippen molar-refractivity contribution in [2.45, 2.75) is 0 Å². The van der Waals surface area contributed by atoms with E-state index in [1.54, 1.807) is 49.4 Å². The Morgan fingerprint density at radius 2 is 2.14 bits per heavy atom. The van der Waals surface area contributed by atoms with E-state index < -0.39 is 5.97 Å². The molecule has 0 amide bonds. The zero-order valence-corrected chi connectivity index (χ0v) is 11.6. The van der Waals surface area contributed by atoms with Gasteiger partial charge in [0.05, 0.1) is 18.9 Å². The number of methoxy groups -OCH3 is 1. The summed E-state index contributed by atoms with van der Waals surface area (Å²) >= 11 is 0. The third-order valence-electron chi connectivity index (χ3n) is 2.99. The maximum atomic E-state index is 11.9. The van der Waals surface area contributed by atoms with Crippen LogP contribution in [0.4, 0.5) is 0 Å². The zero-order valence-electron chi connectivity index (χ0n) is 11.6. The van der Waals surface area contributed by atoms with Gasteiger partial charge in [0.25, 0.3) is 0 Å². The Kier molecular flexibility index (Phi) is 3.27. The molecule has 1 aromatic heterocycles. The van der Waals surface area contributed by atoms with Crippen LogP contribution >= 0.6 is 0 Å². The number of carbonyl (C=O) groups excluding carboxylic acids is 1. The summed E-state index contributed by atoms with van der Waals surface area (Å²) in [6, 6.07) is 7.25. The molecule has 0 saturated carbocycles. The lowest BCUT2D eigenvalue weighted by Gasteiger charge is -2.05. The fraction of sp³-hybridized carbons (Fsp3) is 0.133. The Morgan fingerprint density at radius 3 is 2.86 bits per heavy atom. The molecule has 2 aromatic rings. The molecule has 0 unspecified atom stereocenters. The van der Waals surface area contributed by atoms with E-state index in [2.05, 4.69) is 10.1 Å². The molecule has 21 heavy (non-hydrogen) atoms. The van der Waals surface area contributed by atoms with Gasteiger partial charge in [-0.05, 0) is 18.2 Å². The molecule has 0 spiro atoms. The van der Waals surface area contributed by atoms with Crippen molar-refractivity contribution in [1.29, 1.82) is 0 Å². The number of ether oxygens (including phenoxy) is 2. The summed E-state index contributed by atoms with van der Waals surface area (Å²) in [4.78, 5) is 16.1. The Balaban J connectivity index is 1.97. The summed E-state index contributed by atoms with van der Waals surface area (Å²) in [7, 11) is 3.36. The molecule has 0 bridgehead atoms. The molecular formula is C15H13N3O3. The first-order chi connectivity index (χ1) is 10.2. The second-order valence-electron chi connectivity index (χ2n) is 4.48. The Morgan fingerprint density at radius 1 is 1.33 bits per heavy atom. The van der Waals surface area contributed by atoms with Gasteiger partial charge in [0.15, 0.2) is 5.70 Å². The molecule has 6 heteroatoms. The molecule has 0 atom stereocenters. The number of hydrogen-bond acceptors (Lipinski definition) is 5. The fourth-order valence-corrected chi connectivity index (χ4v) is 2.02. The molecule has 0 N–H and O–H groups in total. The number of aliphatic imine (C=N–C) groups is 1. The molecule has 0 saturated heterocycles. The van der Waals surface area contributed by atoms with Crippen LogP contribution in [0.25, 0.3) is 6.08 Å². The first-order valence-electron chi connectivity index (χ1n) is 6.32. The number of nitrogens with zero attached hydrogens (tertiary/aromatic N) is 3. The molecule has 1 aliphatic heterocycles. The number of esters is 1. The lowest BCUT2D eigenvalue weighted by molar-refractivity contribution is -0.129. The van der Waals surface area contributed by atoms with Gasteiger partial charge in [-0.15, -0.1) is 0 Å². The SMILES string of the molecule is COc1ccccc1C1=N/C(=C\c2cnn(C)c2)C(=O)O1. The lowest BCUT2D eigenvalue weighted by Crippen LogP contribution is -2.06. The van der Waals surface area contributed by atoms with Crippen LogP contribution in [0.15, 0.2) is 47.3 Å². The molecule has 0 fully saturated rings. The van der Waals surface area contributed by atoms with E-state index in [9.17, 15) is 4.79 Å². The minimum Gasteiger partial charge on any atom is -0.496 e. The van der Waals surface area contributed by atoms with Crippen LogP contribution in [0, 0.1) is 0 Å². The van der Waals surface area contributed by atoms with Crippen LogP contribution in [0.5, 0.6) is 5.75 Å². The van der Waals surface area contributed by atoms with Gasteiger partial charge in [-0.1, -0.05) is 12.1 Å². The van der Waals surface area contributed by atoms with Crippen LogP contribution < -0.4 is 4.74 Å². The highest BCUT2D eigenvalue weighted by Crippen LogP contribution is 2.24. The van der Waals surface area contributed by atoms with Crippen molar-refractivity contribution < 1.29 is 14.3 Å². The highest BCUT2D eigenvalue weighted by atomic mass is 16.6. The van der Waals surface area contributed by atoms with Gasteiger partial charge < -0.3 is 9.47 Å². The van der Waals surface area contributed by atoms with Crippen molar-refractivity contribution >= 4 is 17.9 Å². The predicted octanol–water partition coefficient (Wildman–Crippen LogP) is 1.77. The summed E-state index contributed by atoms with van der Waals surface area (Å²) in [6.07, 6.45) is 5.07. The minimum absolute atomic E-state index is 0.240. The predicted molar refractivity (Wildman–Crippen MR) is 76.8 cm³/mol. The quantitative estimate of drug-likeness (QED) is 0.636. The molecular weight excluding hydrogens is 270 g/mol. The van der Waals surface area contributed by atoms with Gasteiger partial charge in [-0.2, -0.15) is 5.10 Å². The molecule has 3 rings (SSSR count). The molecule has 0 aliphatic carbocycles. The number of aryl methyl sites for hydroxylation is 1. The monoisotopic (exact) mass is 283 g/mol. The van der Waals surface area contributed by atoms with E-state index >= 15 is 0 Å². The number of aromatic nitrogens is 2. The van der Waals surface area contributed by atoms with Gasteiger partial charge in [-0.3, -0.25) is 4.68 Å². The van der Waals surface area contributed by atoms with Gasteiger partial charge in [0, 0.05) is 18.8 Å². The van der Waals surface area contributed by atoms with E-state index in [4.69, 9.17) is 9.47 Å². The number of benzene rings is 1. The van der Waals surface area contributed by atoms with Gasteiger partial charge >= 0.3 is 5.97 Å².